The largest absolute Gasteiger partial charge is 0.355 e. The zero-order valence-electron chi connectivity index (χ0n) is 6.93. The third kappa shape index (κ3) is 5.67. The van der Waals surface area contributed by atoms with Gasteiger partial charge in [-0.1, -0.05) is 6.92 Å². The monoisotopic (exact) mass is 172 g/mol. The number of rotatable bonds is 5. The summed E-state index contributed by atoms with van der Waals surface area (Å²) in [6.07, 6.45) is 0.635. The molecule has 0 aromatic carbocycles. The van der Waals surface area contributed by atoms with Gasteiger partial charge in [0.25, 0.3) is 0 Å². The van der Waals surface area contributed by atoms with Crippen LogP contribution in [0.4, 0.5) is 0 Å². The Labute approximate surface area is 71.7 Å². The van der Waals surface area contributed by atoms with Gasteiger partial charge in [0.15, 0.2) is 0 Å². The predicted molar refractivity (Wildman–Crippen MR) is 45.0 cm³/mol. The molecule has 5 heteroatoms. The highest BCUT2D eigenvalue weighted by molar-refractivity contribution is 5.85. The normalized spacial score (nSPS) is 9.17. The minimum absolute atomic E-state index is 0.0178. The van der Waals surface area contributed by atoms with Gasteiger partial charge in [-0.2, -0.15) is 0 Å². The topological polar surface area (TPSA) is 84.2 Å². The number of nitrogens with two attached hydrogens (primary N) is 1. The van der Waals surface area contributed by atoms with Crippen molar-refractivity contribution in [2.45, 2.75) is 6.42 Å². The van der Waals surface area contributed by atoms with Crippen molar-refractivity contribution in [2.75, 3.05) is 19.6 Å². The lowest BCUT2D eigenvalue weighted by atomic mass is 10.4. The smallest absolute Gasteiger partial charge is 0.239 e. The van der Waals surface area contributed by atoms with E-state index in [-0.39, 0.29) is 24.9 Å². The third-order valence-corrected chi connectivity index (χ3v) is 1.13. The van der Waals surface area contributed by atoms with E-state index in [1.165, 1.54) is 0 Å². The molecule has 0 heterocycles. The molecule has 0 aliphatic rings. The molecular formula is C7H14N3O2. The summed E-state index contributed by atoms with van der Waals surface area (Å²) in [5.74, 6) is -0.555. The molecule has 0 saturated carbocycles. The Morgan fingerprint density at radius 3 is 2.42 bits per heavy atom. The molecule has 1 radical (unpaired) electrons. The van der Waals surface area contributed by atoms with Crippen LogP contribution >= 0.6 is 0 Å². The number of carbonyl (C=O) groups excluding carboxylic acids is 2. The van der Waals surface area contributed by atoms with Crippen LogP contribution in [0.5, 0.6) is 0 Å². The summed E-state index contributed by atoms with van der Waals surface area (Å²) in [6, 6.07) is 0. The van der Waals surface area contributed by atoms with E-state index >= 15 is 0 Å². The fourth-order valence-corrected chi connectivity index (χ4v) is 0.541. The third-order valence-electron chi connectivity index (χ3n) is 1.13. The fraction of sp³-hybridized carbons (Fsp3) is 0.571. The van der Waals surface area contributed by atoms with Crippen molar-refractivity contribution < 1.29 is 9.59 Å². The van der Waals surface area contributed by atoms with E-state index in [0.717, 1.165) is 0 Å². The highest BCUT2D eigenvalue weighted by atomic mass is 16.2. The Balaban J connectivity index is 3.37. The maximum absolute atomic E-state index is 10.8. The Morgan fingerprint density at radius 2 is 1.92 bits per heavy atom. The van der Waals surface area contributed by atoms with Gasteiger partial charge in [-0.05, 0) is 6.42 Å². The van der Waals surface area contributed by atoms with Crippen LogP contribution in [-0.4, -0.2) is 31.4 Å². The van der Waals surface area contributed by atoms with Crippen molar-refractivity contribution in [3.8, 4) is 0 Å². The van der Waals surface area contributed by atoms with Gasteiger partial charge in [0.1, 0.15) is 0 Å². The average molecular weight is 172 g/mol. The summed E-state index contributed by atoms with van der Waals surface area (Å²) in [7, 11) is 0. The molecule has 0 aromatic heterocycles. The van der Waals surface area contributed by atoms with E-state index in [9.17, 15) is 9.59 Å². The van der Waals surface area contributed by atoms with Crippen molar-refractivity contribution in [2.24, 2.45) is 5.73 Å². The molecule has 0 aliphatic carbocycles. The van der Waals surface area contributed by atoms with Gasteiger partial charge < -0.3 is 16.4 Å². The standard InChI is InChI=1S/C7H14N3O2/c1-2-3-9-7(12)5-10-6(11)4-8/h1-5,8H2,(H,9,12)(H,10,11). The number of amides is 2. The van der Waals surface area contributed by atoms with Crippen LogP contribution in [0, 0.1) is 6.92 Å². The van der Waals surface area contributed by atoms with Crippen LogP contribution in [0.2, 0.25) is 0 Å². The quantitative estimate of drug-likeness (QED) is 0.467. The van der Waals surface area contributed by atoms with Crippen LogP contribution < -0.4 is 16.4 Å². The molecule has 12 heavy (non-hydrogen) atoms. The lowest BCUT2D eigenvalue weighted by molar-refractivity contribution is -0.125. The number of carbonyl (C=O) groups is 2. The second-order valence-electron chi connectivity index (χ2n) is 2.18. The highest BCUT2D eigenvalue weighted by Gasteiger charge is 2.01. The fourth-order valence-electron chi connectivity index (χ4n) is 0.541. The Morgan fingerprint density at radius 1 is 1.25 bits per heavy atom. The second-order valence-corrected chi connectivity index (χ2v) is 2.18. The molecule has 0 unspecified atom stereocenters. The lowest BCUT2D eigenvalue weighted by Crippen LogP contribution is -2.39. The van der Waals surface area contributed by atoms with Crippen LogP contribution in [0.3, 0.4) is 0 Å². The molecule has 4 N–H and O–H groups in total. The van der Waals surface area contributed by atoms with Crippen molar-refractivity contribution in [3.63, 3.8) is 0 Å². The van der Waals surface area contributed by atoms with Crippen molar-refractivity contribution in [1.82, 2.24) is 10.6 Å². The summed E-state index contributed by atoms with van der Waals surface area (Å²) in [4.78, 5) is 21.4. The zero-order valence-corrected chi connectivity index (χ0v) is 6.93. The number of nitrogens with one attached hydrogen (secondary N) is 2. The molecular weight excluding hydrogens is 158 g/mol. The Hall–Kier alpha value is -1.10. The molecule has 2 amide bonds. The first-order valence-electron chi connectivity index (χ1n) is 3.73. The van der Waals surface area contributed by atoms with Gasteiger partial charge in [-0.15, -0.1) is 0 Å². The summed E-state index contributed by atoms with van der Waals surface area (Å²) in [6.45, 7) is 3.96. The summed E-state index contributed by atoms with van der Waals surface area (Å²) < 4.78 is 0. The maximum Gasteiger partial charge on any atom is 0.239 e. The number of hydrogen-bond acceptors (Lipinski definition) is 3. The average Bonchev–Trinajstić information content (AvgIpc) is 2.10. The molecule has 0 atom stereocenters. The minimum atomic E-state index is -0.334. The molecule has 0 saturated heterocycles. The molecule has 0 bridgehead atoms. The van der Waals surface area contributed by atoms with Crippen LogP contribution in [0.1, 0.15) is 6.42 Å². The molecule has 0 rings (SSSR count). The van der Waals surface area contributed by atoms with Gasteiger partial charge in [-0.3, -0.25) is 9.59 Å². The van der Waals surface area contributed by atoms with E-state index in [1.54, 1.807) is 0 Å². The SMILES string of the molecule is [CH2]CCNC(=O)CNC(=O)CN. The minimum Gasteiger partial charge on any atom is -0.355 e. The van der Waals surface area contributed by atoms with E-state index in [4.69, 9.17) is 5.73 Å². The Bertz CT molecular complexity index is 159. The summed E-state index contributed by atoms with van der Waals surface area (Å²) >= 11 is 0. The molecule has 5 nitrogen and oxygen atoms in total. The van der Waals surface area contributed by atoms with Gasteiger partial charge in [0.2, 0.25) is 11.8 Å². The van der Waals surface area contributed by atoms with Crippen molar-refractivity contribution >= 4 is 11.8 Å². The molecule has 0 aromatic rings. The van der Waals surface area contributed by atoms with Gasteiger partial charge in [-0.25, -0.2) is 0 Å². The van der Waals surface area contributed by atoms with Crippen molar-refractivity contribution in [3.05, 3.63) is 6.92 Å². The molecule has 0 aliphatic heterocycles. The van der Waals surface area contributed by atoms with Gasteiger partial charge in [0, 0.05) is 6.54 Å². The molecule has 0 fully saturated rings. The summed E-state index contributed by atoms with van der Waals surface area (Å²) in [5.41, 5.74) is 5.00. The van der Waals surface area contributed by atoms with Crippen LogP contribution in [0.15, 0.2) is 0 Å². The predicted octanol–water partition coefficient (Wildman–Crippen LogP) is -1.60. The van der Waals surface area contributed by atoms with E-state index in [0.29, 0.717) is 13.0 Å². The highest BCUT2D eigenvalue weighted by Crippen LogP contribution is 1.70. The Kier molecular flexibility index (Phi) is 6.00. The van der Waals surface area contributed by atoms with E-state index in [2.05, 4.69) is 17.6 Å². The lowest BCUT2D eigenvalue weighted by Gasteiger charge is -2.03. The van der Waals surface area contributed by atoms with E-state index in [1.807, 2.05) is 0 Å². The first kappa shape index (κ1) is 10.9. The first-order chi connectivity index (χ1) is 5.70. The first-order valence-corrected chi connectivity index (χ1v) is 3.73. The van der Waals surface area contributed by atoms with E-state index < -0.39 is 0 Å². The van der Waals surface area contributed by atoms with Crippen LogP contribution in [-0.2, 0) is 9.59 Å². The van der Waals surface area contributed by atoms with Gasteiger partial charge >= 0.3 is 0 Å². The van der Waals surface area contributed by atoms with Crippen molar-refractivity contribution in [1.29, 1.82) is 0 Å². The maximum atomic E-state index is 10.8. The number of hydrogen-bond donors (Lipinski definition) is 3. The molecule has 69 valence electrons. The second kappa shape index (κ2) is 6.60. The van der Waals surface area contributed by atoms with Crippen LogP contribution in [0.25, 0.3) is 0 Å². The summed E-state index contributed by atoms with van der Waals surface area (Å²) in [5, 5.41) is 4.90. The zero-order chi connectivity index (χ0) is 9.40. The molecule has 0 spiro atoms. The van der Waals surface area contributed by atoms with Gasteiger partial charge in [0.05, 0.1) is 13.1 Å².